The zero-order valence-corrected chi connectivity index (χ0v) is 9.38. The smallest absolute Gasteiger partial charge is 0.237 e. The van der Waals surface area contributed by atoms with Crippen molar-refractivity contribution >= 4 is 23.4 Å². The Bertz CT molecular complexity index is 207. The number of carbonyl (C=O) groups excluding carboxylic acids is 2. The van der Waals surface area contributed by atoms with Gasteiger partial charge in [-0.2, -0.15) is 0 Å². The molecule has 0 saturated heterocycles. The van der Waals surface area contributed by atoms with E-state index < -0.39 is 5.91 Å². The zero-order chi connectivity index (χ0) is 11.1. The van der Waals surface area contributed by atoms with Crippen LogP contribution >= 0.6 is 11.6 Å². The molecule has 0 fully saturated rings. The molecule has 0 aliphatic rings. The third-order valence-electron chi connectivity index (χ3n) is 1.79. The summed E-state index contributed by atoms with van der Waals surface area (Å²) in [6, 6.07) is -0.00896. The van der Waals surface area contributed by atoms with Crippen molar-refractivity contribution in [1.82, 2.24) is 4.90 Å². The average Bonchev–Trinajstić information content (AvgIpc) is 2.09. The van der Waals surface area contributed by atoms with Crippen molar-refractivity contribution in [2.24, 2.45) is 5.73 Å². The summed E-state index contributed by atoms with van der Waals surface area (Å²) in [4.78, 5) is 23.7. The average molecular weight is 221 g/mol. The molecule has 0 unspecified atom stereocenters. The van der Waals surface area contributed by atoms with Gasteiger partial charge in [0, 0.05) is 18.3 Å². The van der Waals surface area contributed by atoms with Crippen LogP contribution in [0, 0.1) is 0 Å². The molecule has 2 amide bonds. The highest BCUT2D eigenvalue weighted by atomic mass is 35.5. The Hall–Kier alpha value is -0.770. The minimum atomic E-state index is -0.488. The number of nitrogens with two attached hydrogens (primary N) is 1. The van der Waals surface area contributed by atoms with Crippen LogP contribution in [0.2, 0.25) is 0 Å². The van der Waals surface area contributed by atoms with E-state index in [9.17, 15) is 9.59 Å². The van der Waals surface area contributed by atoms with Gasteiger partial charge in [-0.15, -0.1) is 11.6 Å². The van der Waals surface area contributed by atoms with Crippen molar-refractivity contribution in [1.29, 1.82) is 0 Å². The highest BCUT2D eigenvalue weighted by Crippen LogP contribution is 2.03. The Morgan fingerprint density at radius 2 is 2.00 bits per heavy atom. The fraction of sp³-hybridized carbons (Fsp3) is 0.778. The van der Waals surface area contributed by atoms with E-state index in [-0.39, 0.29) is 18.5 Å². The second-order valence-electron chi connectivity index (χ2n) is 3.37. The first-order valence-corrected chi connectivity index (χ1v) is 5.16. The molecule has 0 spiro atoms. The predicted molar refractivity (Wildman–Crippen MR) is 56.0 cm³/mol. The SMILES string of the molecule is CC(C)N(CC(N)=O)C(=O)CCCCl. The lowest BCUT2D eigenvalue weighted by Crippen LogP contribution is -2.42. The van der Waals surface area contributed by atoms with Crippen molar-refractivity contribution in [2.75, 3.05) is 12.4 Å². The van der Waals surface area contributed by atoms with Crippen LogP contribution < -0.4 is 5.73 Å². The van der Waals surface area contributed by atoms with E-state index in [4.69, 9.17) is 17.3 Å². The molecule has 0 aliphatic heterocycles. The minimum absolute atomic E-state index is 0.00896. The Labute approximate surface area is 89.4 Å². The van der Waals surface area contributed by atoms with Crippen molar-refractivity contribution in [3.05, 3.63) is 0 Å². The van der Waals surface area contributed by atoms with Crippen LogP contribution in [0.3, 0.4) is 0 Å². The summed E-state index contributed by atoms with van der Waals surface area (Å²) >= 11 is 5.47. The van der Waals surface area contributed by atoms with Gasteiger partial charge in [0.15, 0.2) is 0 Å². The number of amides is 2. The highest BCUT2D eigenvalue weighted by Gasteiger charge is 2.17. The van der Waals surface area contributed by atoms with Gasteiger partial charge < -0.3 is 10.6 Å². The lowest BCUT2D eigenvalue weighted by molar-refractivity contribution is -0.136. The molecule has 0 radical (unpaired) electrons. The van der Waals surface area contributed by atoms with Gasteiger partial charge in [0.1, 0.15) is 0 Å². The summed E-state index contributed by atoms with van der Waals surface area (Å²) in [5, 5.41) is 0. The molecule has 14 heavy (non-hydrogen) atoms. The second kappa shape index (κ2) is 6.65. The van der Waals surface area contributed by atoms with Gasteiger partial charge in [-0.05, 0) is 20.3 Å². The first kappa shape index (κ1) is 13.2. The first-order chi connectivity index (χ1) is 6.49. The number of nitrogens with zero attached hydrogens (tertiary/aromatic N) is 1. The summed E-state index contributed by atoms with van der Waals surface area (Å²) in [5.41, 5.74) is 5.04. The summed E-state index contributed by atoms with van der Waals surface area (Å²) < 4.78 is 0. The van der Waals surface area contributed by atoms with E-state index in [1.807, 2.05) is 13.8 Å². The fourth-order valence-corrected chi connectivity index (χ4v) is 1.22. The normalized spacial score (nSPS) is 10.3. The highest BCUT2D eigenvalue weighted by molar-refractivity contribution is 6.17. The lowest BCUT2D eigenvalue weighted by atomic mass is 10.2. The van der Waals surface area contributed by atoms with Crippen LogP contribution in [0.1, 0.15) is 26.7 Å². The fourth-order valence-electron chi connectivity index (χ4n) is 1.09. The molecule has 0 aromatic carbocycles. The molecule has 0 saturated carbocycles. The standard InChI is InChI=1S/C9H17ClN2O2/c1-7(2)12(6-8(11)13)9(14)4-3-5-10/h7H,3-6H2,1-2H3,(H2,11,13). The molecule has 0 bridgehead atoms. The largest absolute Gasteiger partial charge is 0.368 e. The maximum atomic E-state index is 11.5. The Morgan fingerprint density at radius 1 is 1.43 bits per heavy atom. The van der Waals surface area contributed by atoms with E-state index in [0.29, 0.717) is 18.7 Å². The molecule has 0 aromatic rings. The van der Waals surface area contributed by atoms with E-state index in [1.165, 1.54) is 4.90 Å². The van der Waals surface area contributed by atoms with Crippen LogP contribution in [0.4, 0.5) is 0 Å². The number of hydrogen-bond acceptors (Lipinski definition) is 2. The van der Waals surface area contributed by atoms with Gasteiger partial charge in [-0.1, -0.05) is 0 Å². The number of primary amides is 1. The molecular formula is C9H17ClN2O2. The Kier molecular flexibility index (Phi) is 6.28. The number of carbonyl (C=O) groups is 2. The minimum Gasteiger partial charge on any atom is -0.368 e. The summed E-state index contributed by atoms with van der Waals surface area (Å²) in [6.45, 7) is 3.68. The predicted octanol–water partition coefficient (Wildman–Crippen LogP) is 0.728. The molecule has 2 N–H and O–H groups in total. The van der Waals surface area contributed by atoms with Crippen molar-refractivity contribution in [2.45, 2.75) is 32.7 Å². The molecule has 5 heteroatoms. The molecule has 4 nitrogen and oxygen atoms in total. The van der Waals surface area contributed by atoms with Gasteiger partial charge in [-0.3, -0.25) is 9.59 Å². The molecular weight excluding hydrogens is 204 g/mol. The molecule has 0 heterocycles. The van der Waals surface area contributed by atoms with Crippen LogP contribution in [-0.2, 0) is 9.59 Å². The Morgan fingerprint density at radius 3 is 2.36 bits per heavy atom. The van der Waals surface area contributed by atoms with E-state index in [0.717, 1.165) is 0 Å². The van der Waals surface area contributed by atoms with Gasteiger partial charge >= 0.3 is 0 Å². The van der Waals surface area contributed by atoms with Gasteiger partial charge in [0.25, 0.3) is 0 Å². The van der Waals surface area contributed by atoms with Crippen LogP contribution in [0.25, 0.3) is 0 Å². The lowest BCUT2D eigenvalue weighted by Gasteiger charge is -2.25. The summed E-state index contributed by atoms with van der Waals surface area (Å²) in [7, 11) is 0. The molecule has 0 aromatic heterocycles. The third kappa shape index (κ3) is 5.07. The molecule has 0 atom stereocenters. The maximum Gasteiger partial charge on any atom is 0.237 e. The Balaban J connectivity index is 4.19. The van der Waals surface area contributed by atoms with Gasteiger partial charge in [0.05, 0.1) is 6.54 Å². The van der Waals surface area contributed by atoms with Crippen LogP contribution in [0.5, 0.6) is 0 Å². The number of hydrogen-bond donors (Lipinski definition) is 1. The summed E-state index contributed by atoms with van der Waals surface area (Å²) in [6.07, 6.45) is 0.997. The quantitative estimate of drug-likeness (QED) is 0.671. The van der Waals surface area contributed by atoms with E-state index in [2.05, 4.69) is 0 Å². The topological polar surface area (TPSA) is 63.4 Å². The maximum absolute atomic E-state index is 11.5. The van der Waals surface area contributed by atoms with Crippen LogP contribution in [0.15, 0.2) is 0 Å². The van der Waals surface area contributed by atoms with E-state index in [1.54, 1.807) is 0 Å². The third-order valence-corrected chi connectivity index (χ3v) is 2.06. The molecule has 82 valence electrons. The van der Waals surface area contributed by atoms with Gasteiger partial charge in [0.2, 0.25) is 11.8 Å². The molecule has 0 aliphatic carbocycles. The number of rotatable bonds is 6. The summed E-state index contributed by atoms with van der Waals surface area (Å²) in [5.74, 6) is -0.105. The number of halogens is 1. The van der Waals surface area contributed by atoms with Crippen molar-refractivity contribution < 1.29 is 9.59 Å². The zero-order valence-electron chi connectivity index (χ0n) is 8.62. The first-order valence-electron chi connectivity index (χ1n) is 4.62. The molecule has 0 rings (SSSR count). The number of alkyl halides is 1. The van der Waals surface area contributed by atoms with Gasteiger partial charge in [-0.25, -0.2) is 0 Å². The van der Waals surface area contributed by atoms with Crippen molar-refractivity contribution in [3.8, 4) is 0 Å². The second-order valence-corrected chi connectivity index (χ2v) is 3.75. The monoisotopic (exact) mass is 220 g/mol. The van der Waals surface area contributed by atoms with E-state index >= 15 is 0 Å². The van der Waals surface area contributed by atoms with Crippen molar-refractivity contribution in [3.63, 3.8) is 0 Å². The van der Waals surface area contributed by atoms with Crippen LogP contribution in [-0.4, -0.2) is 35.2 Å².